The van der Waals surface area contributed by atoms with Gasteiger partial charge in [0, 0.05) is 25.0 Å². The molecular formula is C15H25N3. The third kappa shape index (κ3) is 3.52. The molecule has 2 rings (SSSR count). The van der Waals surface area contributed by atoms with Crippen molar-refractivity contribution in [1.29, 1.82) is 0 Å². The van der Waals surface area contributed by atoms with Crippen LogP contribution in [0.25, 0.3) is 0 Å². The summed E-state index contributed by atoms with van der Waals surface area (Å²) >= 11 is 0. The van der Waals surface area contributed by atoms with Crippen LogP contribution in [-0.4, -0.2) is 16.0 Å². The van der Waals surface area contributed by atoms with E-state index in [9.17, 15) is 0 Å². The number of hydrogen-bond donors (Lipinski definition) is 1. The van der Waals surface area contributed by atoms with Crippen LogP contribution in [0.5, 0.6) is 0 Å². The molecule has 0 bridgehead atoms. The molecule has 1 aliphatic rings. The van der Waals surface area contributed by atoms with Gasteiger partial charge in [-0.1, -0.05) is 26.7 Å². The van der Waals surface area contributed by atoms with Gasteiger partial charge in [-0.05, 0) is 31.6 Å². The SMILES string of the molecule is Cc1cnc(CNC2CCCCC2C(C)C)cn1. The van der Waals surface area contributed by atoms with Crippen LogP contribution in [0.15, 0.2) is 12.4 Å². The summed E-state index contributed by atoms with van der Waals surface area (Å²) in [7, 11) is 0. The van der Waals surface area contributed by atoms with E-state index in [1.54, 1.807) is 0 Å². The Morgan fingerprint density at radius 1 is 1.22 bits per heavy atom. The molecule has 3 heteroatoms. The van der Waals surface area contributed by atoms with E-state index in [4.69, 9.17) is 0 Å². The maximum Gasteiger partial charge on any atom is 0.0724 e. The Hall–Kier alpha value is -0.960. The first-order valence-corrected chi connectivity index (χ1v) is 7.17. The van der Waals surface area contributed by atoms with Crippen molar-refractivity contribution in [1.82, 2.24) is 15.3 Å². The predicted molar refractivity (Wildman–Crippen MR) is 74.2 cm³/mol. The molecule has 0 aromatic carbocycles. The molecule has 1 saturated carbocycles. The predicted octanol–water partition coefficient (Wildman–Crippen LogP) is 3.09. The standard InChI is InChI=1S/C15H25N3/c1-11(2)14-6-4-5-7-15(14)18-10-13-9-16-12(3)8-17-13/h8-9,11,14-15,18H,4-7,10H2,1-3H3. The average molecular weight is 247 g/mol. The molecule has 100 valence electrons. The highest BCUT2D eigenvalue weighted by Crippen LogP contribution is 2.30. The first-order chi connectivity index (χ1) is 8.66. The number of aromatic nitrogens is 2. The summed E-state index contributed by atoms with van der Waals surface area (Å²) in [6.07, 6.45) is 9.16. The third-order valence-corrected chi connectivity index (χ3v) is 4.06. The van der Waals surface area contributed by atoms with Gasteiger partial charge in [0.2, 0.25) is 0 Å². The molecule has 1 aliphatic carbocycles. The Labute approximate surface area is 110 Å². The van der Waals surface area contributed by atoms with Gasteiger partial charge in [-0.25, -0.2) is 0 Å². The largest absolute Gasteiger partial charge is 0.308 e. The molecule has 0 spiro atoms. The van der Waals surface area contributed by atoms with E-state index in [1.165, 1.54) is 25.7 Å². The summed E-state index contributed by atoms with van der Waals surface area (Å²) in [6.45, 7) is 7.51. The maximum atomic E-state index is 4.41. The monoisotopic (exact) mass is 247 g/mol. The van der Waals surface area contributed by atoms with Crippen molar-refractivity contribution in [3.8, 4) is 0 Å². The average Bonchev–Trinajstić information content (AvgIpc) is 2.38. The lowest BCUT2D eigenvalue weighted by molar-refractivity contribution is 0.204. The van der Waals surface area contributed by atoms with Gasteiger partial charge in [-0.2, -0.15) is 0 Å². The Morgan fingerprint density at radius 3 is 2.67 bits per heavy atom. The van der Waals surface area contributed by atoms with Crippen LogP contribution < -0.4 is 5.32 Å². The van der Waals surface area contributed by atoms with Gasteiger partial charge in [-0.15, -0.1) is 0 Å². The Balaban J connectivity index is 1.89. The summed E-state index contributed by atoms with van der Waals surface area (Å²) < 4.78 is 0. The molecule has 1 aromatic rings. The van der Waals surface area contributed by atoms with Crippen molar-refractivity contribution in [3.63, 3.8) is 0 Å². The minimum absolute atomic E-state index is 0.654. The van der Waals surface area contributed by atoms with Gasteiger partial charge in [0.15, 0.2) is 0 Å². The Bertz CT molecular complexity index is 359. The van der Waals surface area contributed by atoms with Crippen LogP contribution in [-0.2, 0) is 6.54 Å². The topological polar surface area (TPSA) is 37.8 Å². The van der Waals surface area contributed by atoms with Crippen LogP contribution >= 0.6 is 0 Å². The number of nitrogens with one attached hydrogen (secondary N) is 1. The van der Waals surface area contributed by atoms with E-state index in [0.717, 1.165) is 29.8 Å². The number of nitrogens with zero attached hydrogens (tertiary/aromatic N) is 2. The smallest absolute Gasteiger partial charge is 0.0724 e. The van der Waals surface area contributed by atoms with Crippen LogP contribution in [0.4, 0.5) is 0 Å². The molecule has 18 heavy (non-hydrogen) atoms. The lowest BCUT2D eigenvalue weighted by atomic mass is 9.78. The highest BCUT2D eigenvalue weighted by Gasteiger charge is 2.26. The minimum atomic E-state index is 0.654. The van der Waals surface area contributed by atoms with E-state index in [1.807, 2.05) is 19.3 Å². The quantitative estimate of drug-likeness (QED) is 0.888. The lowest BCUT2D eigenvalue weighted by Crippen LogP contribution is -2.40. The summed E-state index contributed by atoms with van der Waals surface area (Å²) in [6, 6.07) is 0.654. The van der Waals surface area contributed by atoms with Crippen molar-refractivity contribution in [2.45, 2.75) is 59.0 Å². The number of hydrogen-bond acceptors (Lipinski definition) is 3. The molecule has 0 saturated heterocycles. The van der Waals surface area contributed by atoms with E-state index >= 15 is 0 Å². The van der Waals surface area contributed by atoms with Crippen molar-refractivity contribution in [2.75, 3.05) is 0 Å². The van der Waals surface area contributed by atoms with Gasteiger partial charge in [-0.3, -0.25) is 9.97 Å². The van der Waals surface area contributed by atoms with Crippen LogP contribution in [0.1, 0.15) is 50.9 Å². The van der Waals surface area contributed by atoms with E-state index < -0.39 is 0 Å². The zero-order valence-corrected chi connectivity index (χ0v) is 11.8. The van der Waals surface area contributed by atoms with E-state index in [2.05, 4.69) is 29.1 Å². The second kappa shape index (κ2) is 6.28. The fraction of sp³-hybridized carbons (Fsp3) is 0.733. The molecule has 1 heterocycles. The van der Waals surface area contributed by atoms with Crippen molar-refractivity contribution >= 4 is 0 Å². The molecule has 1 N–H and O–H groups in total. The summed E-state index contributed by atoms with van der Waals surface area (Å²) in [4.78, 5) is 8.70. The van der Waals surface area contributed by atoms with Crippen molar-refractivity contribution in [2.24, 2.45) is 11.8 Å². The summed E-state index contributed by atoms with van der Waals surface area (Å²) in [5, 5.41) is 3.69. The normalized spacial score (nSPS) is 24.4. The fourth-order valence-electron chi connectivity index (χ4n) is 2.96. The zero-order valence-electron chi connectivity index (χ0n) is 11.8. The molecule has 0 amide bonds. The van der Waals surface area contributed by atoms with E-state index in [0.29, 0.717) is 6.04 Å². The highest BCUT2D eigenvalue weighted by molar-refractivity contribution is 5.00. The Kier molecular flexibility index (Phi) is 4.70. The molecular weight excluding hydrogens is 222 g/mol. The number of rotatable bonds is 4. The highest BCUT2D eigenvalue weighted by atomic mass is 14.9. The zero-order chi connectivity index (χ0) is 13.0. The van der Waals surface area contributed by atoms with Gasteiger partial charge in [0.25, 0.3) is 0 Å². The Morgan fingerprint density at radius 2 is 2.00 bits per heavy atom. The van der Waals surface area contributed by atoms with Crippen molar-refractivity contribution < 1.29 is 0 Å². The molecule has 2 atom stereocenters. The lowest BCUT2D eigenvalue weighted by Gasteiger charge is -2.35. The third-order valence-electron chi connectivity index (χ3n) is 4.06. The van der Waals surface area contributed by atoms with Crippen LogP contribution in [0.2, 0.25) is 0 Å². The molecule has 1 aromatic heterocycles. The fourth-order valence-corrected chi connectivity index (χ4v) is 2.96. The second-order valence-electron chi connectivity index (χ2n) is 5.83. The van der Waals surface area contributed by atoms with E-state index in [-0.39, 0.29) is 0 Å². The summed E-state index contributed by atoms with van der Waals surface area (Å²) in [5.74, 6) is 1.59. The van der Waals surface area contributed by atoms with Gasteiger partial charge >= 0.3 is 0 Å². The van der Waals surface area contributed by atoms with Crippen LogP contribution in [0.3, 0.4) is 0 Å². The van der Waals surface area contributed by atoms with Gasteiger partial charge < -0.3 is 5.32 Å². The minimum Gasteiger partial charge on any atom is -0.308 e. The molecule has 3 nitrogen and oxygen atoms in total. The second-order valence-corrected chi connectivity index (χ2v) is 5.83. The summed E-state index contributed by atoms with van der Waals surface area (Å²) in [5.41, 5.74) is 2.03. The molecule has 1 fully saturated rings. The first kappa shape index (κ1) is 13.5. The van der Waals surface area contributed by atoms with Crippen LogP contribution in [0, 0.1) is 18.8 Å². The molecule has 0 radical (unpaired) electrons. The molecule has 2 unspecified atom stereocenters. The maximum absolute atomic E-state index is 4.41. The number of aryl methyl sites for hydroxylation is 1. The van der Waals surface area contributed by atoms with Gasteiger partial charge in [0.05, 0.1) is 11.4 Å². The molecule has 0 aliphatic heterocycles. The van der Waals surface area contributed by atoms with Crippen molar-refractivity contribution in [3.05, 3.63) is 23.8 Å². The van der Waals surface area contributed by atoms with Gasteiger partial charge in [0.1, 0.15) is 0 Å². The first-order valence-electron chi connectivity index (χ1n) is 7.17.